The first-order valence-corrected chi connectivity index (χ1v) is 6.88. The highest BCUT2D eigenvalue weighted by atomic mass is 35.7. The van der Waals surface area contributed by atoms with E-state index in [9.17, 15) is 8.42 Å². The van der Waals surface area contributed by atoms with E-state index in [-0.39, 0.29) is 5.03 Å². The summed E-state index contributed by atoms with van der Waals surface area (Å²) in [5.74, 6) is 0. The number of hydrogen-bond donors (Lipinski definition) is 0. The van der Waals surface area contributed by atoms with Crippen LogP contribution in [0.2, 0.25) is 0 Å². The Morgan fingerprint density at radius 2 is 2.07 bits per heavy atom. The molecule has 1 aromatic rings. The summed E-state index contributed by atoms with van der Waals surface area (Å²) in [7, 11) is 1.45. The summed E-state index contributed by atoms with van der Waals surface area (Å²) in [5.41, 5.74) is 0. The quantitative estimate of drug-likeness (QED) is 0.740. The van der Waals surface area contributed by atoms with Crippen LogP contribution in [0.1, 0.15) is 32.7 Å². The lowest BCUT2D eigenvalue weighted by molar-refractivity contribution is 0.589. The van der Waals surface area contributed by atoms with Crippen molar-refractivity contribution in [2.45, 2.75) is 37.8 Å². The molecule has 6 heteroatoms. The molecule has 0 bridgehead atoms. The number of hydrogen-bond acceptors (Lipinski definition) is 3. The van der Waals surface area contributed by atoms with Gasteiger partial charge in [0.15, 0.2) is 5.03 Å². The number of halogens is 1. The maximum atomic E-state index is 10.8. The molecule has 1 aliphatic rings. The number of rotatable bonds is 2. The zero-order chi connectivity index (χ0) is 10.8. The minimum Gasteiger partial charge on any atom is -0.268 e. The van der Waals surface area contributed by atoms with Crippen molar-refractivity contribution >= 4 is 19.7 Å². The van der Waals surface area contributed by atoms with Gasteiger partial charge in [-0.05, 0) is 18.9 Å². The standard InChI is InChI=1S/C6H7ClN2O2S.C2H6/c7-12(10,11)6-3-4-9(8-6)5-1-2-5;1-2/h3-5H,1-2H2;1-2H3. The molecule has 1 heterocycles. The topological polar surface area (TPSA) is 52.0 Å². The van der Waals surface area contributed by atoms with Crippen molar-refractivity contribution in [1.29, 1.82) is 0 Å². The highest BCUT2D eigenvalue weighted by Gasteiger charge is 2.25. The smallest absolute Gasteiger partial charge is 0.268 e. The summed E-state index contributed by atoms with van der Waals surface area (Å²) < 4.78 is 23.2. The Hall–Kier alpha value is -0.550. The van der Waals surface area contributed by atoms with E-state index in [0.717, 1.165) is 12.8 Å². The molecule has 0 radical (unpaired) electrons. The second kappa shape index (κ2) is 4.31. The first-order chi connectivity index (χ1) is 6.57. The lowest BCUT2D eigenvalue weighted by Gasteiger charge is -1.93. The van der Waals surface area contributed by atoms with Gasteiger partial charge in [-0.15, -0.1) is 0 Å². The summed E-state index contributed by atoms with van der Waals surface area (Å²) in [5, 5.41) is 3.78. The van der Waals surface area contributed by atoms with Crippen LogP contribution >= 0.6 is 10.7 Å². The van der Waals surface area contributed by atoms with E-state index in [4.69, 9.17) is 10.7 Å². The lowest BCUT2D eigenvalue weighted by Crippen LogP contribution is -1.97. The fourth-order valence-corrected chi connectivity index (χ4v) is 1.66. The third-order valence-corrected chi connectivity index (χ3v) is 2.95. The van der Waals surface area contributed by atoms with Crippen LogP contribution in [0.15, 0.2) is 17.3 Å². The van der Waals surface area contributed by atoms with Crippen molar-refractivity contribution in [3.05, 3.63) is 12.3 Å². The second-order valence-electron chi connectivity index (χ2n) is 2.80. The van der Waals surface area contributed by atoms with Crippen LogP contribution in [-0.4, -0.2) is 18.2 Å². The van der Waals surface area contributed by atoms with Crippen molar-refractivity contribution in [3.63, 3.8) is 0 Å². The molecular weight excluding hydrogens is 224 g/mol. The van der Waals surface area contributed by atoms with Gasteiger partial charge < -0.3 is 0 Å². The molecule has 0 saturated heterocycles. The van der Waals surface area contributed by atoms with Crippen LogP contribution in [0, 0.1) is 0 Å². The molecule has 2 rings (SSSR count). The average molecular weight is 237 g/mol. The minimum absolute atomic E-state index is 0.0592. The summed E-state index contributed by atoms with van der Waals surface area (Å²) >= 11 is 0. The van der Waals surface area contributed by atoms with Gasteiger partial charge in [0, 0.05) is 16.9 Å². The molecule has 0 aliphatic heterocycles. The van der Waals surface area contributed by atoms with Crippen molar-refractivity contribution in [1.82, 2.24) is 9.78 Å². The molecule has 0 unspecified atom stereocenters. The van der Waals surface area contributed by atoms with Gasteiger partial charge in [-0.2, -0.15) is 5.10 Å². The molecular formula is C8H13ClN2O2S. The maximum absolute atomic E-state index is 10.8. The molecule has 14 heavy (non-hydrogen) atoms. The van der Waals surface area contributed by atoms with Gasteiger partial charge in [0.2, 0.25) is 0 Å². The van der Waals surface area contributed by atoms with Crippen molar-refractivity contribution in [3.8, 4) is 0 Å². The minimum atomic E-state index is -3.65. The molecule has 0 spiro atoms. The van der Waals surface area contributed by atoms with Gasteiger partial charge in [-0.3, -0.25) is 4.68 Å². The van der Waals surface area contributed by atoms with Gasteiger partial charge >= 0.3 is 0 Å². The Morgan fingerprint density at radius 1 is 1.50 bits per heavy atom. The third-order valence-electron chi connectivity index (χ3n) is 1.75. The SMILES string of the molecule is CC.O=S(=O)(Cl)c1ccn(C2CC2)n1. The normalized spacial score (nSPS) is 15.9. The molecule has 0 aromatic carbocycles. The zero-order valence-electron chi connectivity index (χ0n) is 8.14. The van der Waals surface area contributed by atoms with Crippen LogP contribution in [0.3, 0.4) is 0 Å². The molecule has 1 aromatic heterocycles. The van der Waals surface area contributed by atoms with Gasteiger partial charge in [-0.25, -0.2) is 8.42 Å². The molecule has 80 valence electrons. The van der Waals surface area contributed by atoms with Crippen molar-refractivity contribution in [2.24, 2.45) is 0 Å². The summed E-state index contributed by atoms with van der Waals surface area (Å²) in [6, 6.07) is 1.80. The van der Waals surface area contributed by atoms with Gasteiger partial charge in [0.25, 0.3) is 9.05 Å². The average Bonchev–Trinajstić information content (AvgIpc) is 2.85. The summed E-state index contributed by atoms with van der Waals surface area (Å²) in [6.45, 7) is 4.00. The molecule has 0 N–H and O–H groups in total. The van der Waals surface area contributed by atoms with Gasteiger partial charge in [0.05, 0.1) is 6.04 Å². The Bertz CT molecular complexity index is 395. The first kappa shape index (κ1) is 11.5. The van der Waals surface area contributed by atoms with Crippen LogP contribution in [0.5, 0.6) is 0 Å². The van der Waals surface area contributed by atoms with Gasteiger partial charge in [-0.1, -0.05) is 13.8 Å². The molecule has 4 nitrogen and oxygen atoms in total. The highest BCUT2D eigenvalue weighted by molar-refractivity contribution is 8.13. The Labute approximate surface area is 88.3 Å². The summed E-state index contributed by atoms with van der Waals surface area (Å²) in [6.07, 6.45) is 3.79. The first-order valence-electron chi connectivity index (χ1n) is 4.57. The Balaban J connectivity index is 0.000000461. The molecule has 0 atom stereocenters. The van der Waals surface area contributed by atoms with E-state index in [1.807, 2.05) is 13.8 Å². The van der Waals surface area contributed by atoms with E-state index in [2.05, 4.69) is 5.10 Å². The van der Waals surface area contributed by atoms with Crippen molar-refractivity contribution in [2.75, 3.05) is 0 Å². The molecule has 1 fully saturated rings. The highest BCUT2D eigenvalue weighted by Crippen LogP contribution is 2.34. The van der Waals surface area contributed by atoms with Crippen LogP contribution in [0.4, 0.5) is 0 Å². The van der Waals surface area contributed by atoms with Crippen LogP contribution < -0.4 is 0 Å². The van der Waals surface area contributed by atoms with E-state index in [1.165, 1.54) is 6.07 Å². The fraction of sp³-hybridized carbons (Fsp3) is 0.625. The monoisotopic (exact) mass is 236 g/mol. The largest absolute Gasteiger partial charge is 0.280 e. The van der Waals surface area contributed by atoms with Crippen LogP contribution in [0.25, 0.3) is 0 Å². The maximum Gasteiger partial charge on any atom is 0.280 e. The van der Waals surface area contributed by atoms with Gasteiger partial charge in [0.1, 0.15) is 0 Å². The van der Waals surface area contributed by atoms with E-state index >= 15 is 0 Å². The molecule has 1 saturated carbocycles. The summed E-state index contributed by atoms with van der Waals surface area (Å²) in [4.78, 5) is 0. The molecule has 1 aliphatic carbocycles. The third kappa shape index (κ3) is 2.72. The zero-order valence-corrected chi connectivity index (χ0v) is 9.72. The fourth-order valence-electron chi connectivity index (χ4n) is 0.993. The number of aromatic nitrogens is 2. The van der Waals surface area contributed by atoms with Crippen molar-refractivity contribution < 1.29 is 8.42 Å². The van der Waals surface area contributed by atoms with E-state index in [0.29, 0.717) is 6.04 Å². The number of nitrogens with zero attached hydrogens (tertiary/aromatic N) is 2. The Morgan fingerprint density at radius 3 is 2.43 bits per heavy atom. The predicted octanol–water partition coefficient (Wildman–Crippen LogP) is 2.17. The second-order valence-corrected chi connectivity index (χ2v) is 5.32. The predicted molar refractivity (Wildman–Crippen MR) is 54.9 cm³/mol. The van der Waals surface area contributed by atoms with Crippen LogP contribution in [-0.2, 0) is 9.05 Å². The lowest BCUT2D eigenvalue weighted by atomic mass is 10.7. The van der Waals surface area contributed by atoms with E-state index in [1.54, 1.807) is 10.9 Å². The Kier molecular flexibility index (Phi) is 3.55. The molecule has 0 amide bonds. The van der Waals surface area contributed by atoms with E-state index < -0.39 is 9.05 Å².